The molecule has 5 N–H and O–H groups in total. The lowest BCUT2D eigenvalue weighted by Gasteiger charge is -2.30. The van der Waals surface area contributed by atoms with Gasteiger partial charge in [0, 0.05) is 31.9 Å². The van der Waals surface area contributed by atoms with E-state index in [1.807, 2.05) is 43.3 Å². The molecule has 11 heteroatoms. The molecular formula is C23H25ClN8O2. The number of halogens is 1. The van der Waals surface area contributed by atoms with E-state index >= 15 is 0 Å². The van der Waals surface area contributed by atoms with Crippen molar-refractivity contribution in [3.63, 3.8) is 0 Å². The summed E-state index contributed by atoms with van der Waals surface area (Å²) in [6, 6.07) is 13.5. The van der Waals surface area contributed by atoms with Gasteiger partial charge in [0.05, 0.1) is 23.0 Å². The average Bonchev–Trinajstić information content (AvgIpc) is 3.48. The molecule has 2 amide bonds. The van der Waals surface area contributed by atoms with Gasteiger partial charge in [0.15, 0.2) is 5.69 Å². The zero-order chi connectivity index (χ0) is 22.9. The molecule has 1 saturated heterocycles. The van der Waals surface area contributed by atoms with Gasteiger partial charge in [-0.15, -0.1) is 12.4 Å². The second-order valence-electron chi connectivity index (χ2n) is 7.92. The number of hydrogen-bond acceptors (Lipinski definition) is 6. The normalized spacial score (nSPS) is 13.5. The van der Waals surface area contributed by atoms with E-state index in [4.69, 9.17) is 5.73 Å². The summed E-state index contributed by atoms with van der Waals surface area (Å²) in [7, 11) is 0. The number of hydrogen-bond donors (Lipinski definition) is 4. The van der Waals surface area contributed by atoms with Crippen LogP contribution in [0.4, 0.5) is 17.3 Å². The van der Waals surface area contributed by atoms with E-state index in [-0.39, 0.29) is 23.8 Å². The number of aromatic nitrogens is 4. The summed E-state index contributed by atoms with van der Waals surface area (Å²) in [4.78, 5) is 43.9. The number of rotatable bonds is 5. The summed E-state index contributed by atoms with van der Waals surface area (Å²) in [5.74, 6) is -0.939. The number of carbonyl (C=O) groups is 2. The Hall–Kier alpha value is -3.89. The number of aryl methyl sites for hydroxylation is 1. The Morgan fingerprint density at radius 3 is 2.59 bits per heavy atom. The molecule has 2 aromatic carbocycles. The summed E-state index contributed by atoms with van der Waals surface area (Å²) in [6.45, 7) is 5.64. The van der Waals surface area contributed by atoms with E-state index in [0.29, 0.717) is 11.6 Å². The van der Waals surface area contributed by atoms with Crippen molar-refractivity contribution in [3.8, 4) is 0 Å². The van der Waals surface area contributed by atoms with Crippen molar-refractivity contribution in [3.05, 3.63) is 65.7 Å². The molecule has 34 heavy (non-hydrogen) atoms. The Morgan fingerprint density at radius 1 is 1.12 bits per heavy atom. The molecule has 3 heterocycles. The number of primary amides is 1. The molecule has 10 nitrogen and oxygen atoms in total. The Morgan fingerprint density at radius 2 is 1.88 bits per heavy atom. The van der Waals surface area contributed by atoms with Gasteiger partial charge in [-0.1, -0.05) is 12.1 Å². The van der Waals surface area contributed by atoms with Crippen LogP contribution in [0, 0.1) is 6.92 Å². The van der Waals surface area contributed by atoms with Gasteiger partial charge in [-0.3, -0.25) is 9.59 Å². The van der Waals surface area contributed by atoms with Crippen molar-refractivity contribution >= 4 is 52.6 Å². The third-order valence-electron chi connectivity index (χ3n) is 5.78. The fourth-order valence-corrected chi connectivity index (χ4v) is 4.13. The van der Waals surface area contributed by atoms with Crippen LogP contribution >= 0.6 is 12.4 Å². The maximum Gasteiger partial charge on any atom is 0.286 e. The van der Waals surface area contributed by atoms with E-state index in [1.54, 1.807) is 0 Å². The van der Waals surface area contributed by atoms with Crippen molar-refractivity contribution in [2.75, 3.05) is 36.0 Å². The molecule has 0 bridgehead atoms. The number of nitrogens with two attached hydrogens (primary N) is 1. The molecule has 0 saturated carbocycles. The number of fused-ring (bicyclic) bond motifs is 1. The number of amides is 2. The van der Waals surface area contributed by atoms with Crippen molar-refractivity contribution in [1.82, 2.24) is 25.3 Å². The van der Waals surface area contributed by atoms with E-state index in [9.17, 15) is 9.59 Å². The maximum atomic E-state index is 13.7. The molecule has 0 unspecified atom stereocenters. The first-order valence-electron chi connectivity index (χ1n) is 10.7. The first-order chi connectivity index (χ1) is 16.0. The minimum absolute atomic E-state index is 0. The fourth-order valence-electron chi connectivity index (χ4n) is 4.13. The van der Waals surface area contributed by atoms with Crippen molar-refractivity contribution in [1.29, 1.82) is 0 Å². The van der Waals surface area contributed by atoms with Crippen molar-refractivity contribution < 1.29 is 9.59 Å². The van der Waals surface area contributed by atoms with Crippen LogP contribution in [0.25, 0.3) is 11.0 Å². The topological polar surface area (TPSA) is 136 Å². The first kappa shape index (κ1) is 23.3. The third kappa shape index (κ3) is 4.20. The summed E-state index contributed by atoms with van der Waals surface area (Å²) in [6.07, 6.45) is 1.28. The first-order valence-corrected chi connectivity index (χ1v) is 10.7. The number of H-pyrrole nitrogens is 2. The minimum atomic E-state index is -0.758. The van der Waals surface area contributed by atoms with Gasteiger partial charge in [0.2, 0.25) is 5.95 Å². The highest BCUT2D eigenvalue weighted by Gasteiger charge is 2.29. The molecule has 176 valence electrons. The maximum absolute atomic E-state index is 13.7. The molecule has 0 radical (unpaired) electrons. The summed E-state index contributed by atoms with van der Waals surface area (Å²) >= 11 is 0. The van der Waals surface area contributed by atoms with E-state index < -0.39 is 11.8 Å². The van der Waals surface area contributed by atoms with Crippen LogP contribution in [0.1, 0.15) is 26.5 Å². The second kappa shape index (κ2) is 9.54. The Balaban J connectivity index is 0.00000274. The van der Waals surface area contributed by atoms with E-state index in [0.717, 1.165) is 48.5 Å². The quantitative estimate of drug-likeness (QED) is 0.346. The van der Waals surface area contributed by atoms with Crippen LogP contribution in [0.5, 0.6) is 0 Å². The lowest BCUT2D eigenvalue weighted by molar-refractivity contribution is 0.0961. The van der Waals surface area contributed by atoms with Crippen LogP contribution in [0.3, 0.4) is 0 Å². The van der Waals surface area contributed by atoms with Gasteiger partial charge < -0.3 is 25.9 Å². The van der Waals surface area contributed by atoms with Crippen LogP contribution in [-0.2, 0) is 0 Å². The molecule has 4 aromatic rings. The number of nitrogens with one attached hydrogen (secondary N) is 3. The van der Waals surface area contributed by atoms with Gasteiger partial charge in [0.1, 0.15) is 5.69 Å². The van der Waals surface area contributed by atoms with Crippen molar-refractivity contribution in [2.24, 2.45) is 5.73 Å². The van der Waals surface area contributed by atoms with Crippen LogP contribution in [0.15, 0.2) is 48.8 Å². The number of benzene rings is 2. The average molecular weight is 481 g/mol. The summed E-state index contributed by atoms with van der Waals surface area (Å²) in [5.41, 5.74) is 9.47. The largest absolute Gasteiger partial charge is 0.369 e. The molecule has 2 aromatic heterocycles. The predicted molar refractivity (Wildman–Crippen MR) is 133 cm³/mol. The molecule has 0 aliphatic carbocycles. The fraction of sp³-hybridized carbons (Fsp3) is 0.217. The van der Waals surface area contributed by atoms with Gasteiger partial charge in [-0.2, -0.15) is 0 Å². The Labute approximate surface area is 202 Å². The Bertz CT molecular complexity index is 1310. The van der Waals surface area contributed by atoms with Crippen molar-refractivity contribution in [2.45, 2.75) is 6.92 Å². The number of para-hydroxylation sites is 2. The molecule has 1 fully saturated rings. The highest BCUT2D eigenvalue weighted by molar-refractivity contribution is 6.14. The Kier molecular flexibility index (Phi) is 6.53. The zero-order valence-corrected chi connectivity index (χ0v) is 19.4. The smallest absolute Gasteiger partial charge is 0.286 e. The highest BCUT2D eigenvalue weighted by Crippen LogP contribution is 2.32. The number of imidazole rings is 2. The number of aromatic amines is 2. The van der Waals surface area contributed by atoms with Crippen LogP contribution in [-0.4, -0.2) is 57.9 Å². The molecule has 0 atom stereocenters. The molecule has 0 spiro atoms. The number of carbonyl (C=O) groups excluding carboxylic acids is 2. The standard InChI is InChI=1S/C23H24N8O2.ClH/c1-14-12-15(30-10-8-25-9-11-30)6-7-18(14)31(22(33)20-19(21(24)32)26-13-27-20)23-28-16-4-2-3-5-17(16)29-23;/h2-7,12-13,25H,8-11H2,1H3,(H2,24,32)(H,26,27)(H,28,29);1H. The molecular weight excluding hydrogens is 456 g/mol. The van der Waals surface area contributed by atoms with Gasteiger partial charge in [0.25, 0.3) is 11.8 Å². The highest BCUT2D eigenvalue weighted by atomic mass is 35.5. The number of nitrogens with zero attached hydrogens (tertiary/aromatic N) is 4. The van der Waals surface area contributed by atoms with Gasteiger partial charge >= 0.3 is 0 Å². The van der Waals surface area contributed by atoms with Crippen LogP contribution < -0.4 is 20.9 Å². The molecule has 1 aliphatic rings. The second-order valence-corrected chi connectivity index (χ2v) is 7.92. The number of piperazine rings is 1. The minimum Gasteiger partial charge on any atom is -0.369 e. The summed E-state index contributed by atoms with van der Waals surface area (Å²) in [5, 5.41) is 3.35. The monoisotopic (exact) mass is 480 g/mol. The third-order valence-corrected chi connectivity index (χ3v) is 5.78. The number of anilines is 3. The zero-order valence-electron chi connectivity index (χ0n) is 18.5. The van der Waals surface area contributed by atoms with E-state index in [2.05, 4.69) is 36.2 Å². The van der Waals surface area contributed by atoms with Crippen LogP contribution in [0.2, 0.25) is 0 Å². The lowest BCUT2D eigenvalue weighted by atomic mass is 10.1. The van der Waals surface area contributed by atoms with Gasteiger partial charge in [-0.05, 0) is 42.8 Å². The SMILES string of the molecule is Cc1cc(N2CCNCC2)ccc1N(C(=O)c1nc[nH]c1C(N)=O)c1nc2ccccc2[nH]1.Cl. The lowest BCUT2D eigenvalue weighted by Crippen LogP contribution is -2.43. The predicted octanol–water partition coefficient (Wildman–Crippen LogP) is 2.50. The summed E-state index contributed by atoms with van der Waals surface area (Å²) < 4.78 is 0. The molecule has 5 rings (SSSR count). The van der Waals surface area contributed by atoms with Gasteiger partial charge in [-0.25, -0.2) is 14.9 Å². The molecule has 1 aliphatic heterocycles. The van der Waals surface area contributed by atoms with E-state index in [1.165, 1.54) is 11.2 Å².